The van der Waals surface area contributed by atoms with E-state index in [0.717, 1.165) is 9.26 Å². The fourth-order valence-electron chi connectivity index (χ4n) is 1.80. The normalized spacial score (nSPS) is 10.3. The van der Waals surface area contributed by atoms with Gasteiger partial charge in [-0.05, 0) is 65.4 Å². The molecule has 2 aromatic carbocycles. The number of rotatable bonds is 6. The molecule has 0 aromatic heterocycles. The predicted molar refractivity (Wildman–Crippen MR) is 99.0 cm³/mol. The molecular formula is C16H14Cl2INO2. The first-order valence-electron chi connectivity index (χ1n) is 6.68. The molecule has 2 aromatic rings. The van der Waals surface area contributed by atoms with Crippen LogP contribution in [0.1, 0.15) is 12.8 Å². The zero-order valence-electron chi connectivity index (χ0n) is 11.6. The number of halogens is 3. The molecule has 0 aliphatic carbocycles. The summed E-state index contributed by atoms with van der Waals surface area (Å²) in [6.45, 7) is 0.418. The summed E-state index contributed by atoms with van der Waals surface area (Å²) in [6.07, 6.45) is 0.991. The number of carbonyl (C=O) groups excluding carboxylic acids is 1. The summed E-state index contributed by atoms with van der Waals surface area (Å²) in [5, 5.41) is 3.89. The van der Waals surface area contributed by atoms with Crippen molar-refractivity contribution in [3.63, 3.8) is 0 Å². The third-order valence-electron chi connectivity index (χ3n) is 2.81. The number of ether oxygens (including phenoxy) is 1. The molecule has 6 heteroatoms. The zero-order valence-corrected chi connectivity index (χ0v) is 15.3. The fraction of sp³-hybridized carbons (Fsp3) is 0.188. The van der Waals surface area contributed by atoms with Gasteiger partial charge in [0.05, 0.1) is 11.6 Å². The topological polar surface area (TPSA) is 38.3 Å². The maximum Gasteiger partial charge on any atom is 0.224 e. The van der Waals surface area contributed by atoms with Crippen LogP contribution in [0.2, 0.25) is 10.0 Å². The molecule has 1 N–H and O–H groups in total. The highest BCUT2D eigenvalue weighted by Crippen LogP contribution is 2.27. The first-order valence-corrected chi connectivity index (χ1v) is 8.51. The minimum absolute atomic E-state index is 0.0344. The molecule has 0 atom stereocenters. The second-order valence-corrected chi connectivity index (χ2v) is 6.67. The van der Waals surface area contributed by atoms with Crippen molar-refractivity contribution in [2.45, 2.75) is 12.8 Å². The standard InChI is InChI=1S/C16H14Cl2INO2/c17-11-6-7-15(14(18)9-11)22-8-2-5-16(21)20-13-4-1-3-12(19)10-13/h1,3-4,6-7,9-10H,2,5,8H2,(H,20,21). The van der Waals surface area contributed by atoms with E-state index in [9.17, 15) is 4.79 Å². The summed E-state index contributed by atoms with van der Waals surface area (Å²) in [5.41, 5.74) is 0.804. The number of anilines is 1. The highest BCUT2D eigenvalue weighted by molar-refractivity contribution is 14.1. The lowest BCUT2D eigenvalue weighted by Gasteiger charge is -2.09. The Kier molecular flexibility index (Phi) is 6.79. The Balaban J connectivity index is 1.73. The van der Waals surface area contributed by atoms with Gasteiger partial charge >= 0.3 is 0 Å². The molecule has 3 nitrogen and oxygen atoms in total. The van der Waals surface area contributed by atoms with Gasteiger partial charge in [-0.1, -0.05) is 29.3 Å². The van der Waals surface area contributed by atoms with E-state index in [1.165, 1.54) is 0 Å². The molecule has 0 radical (unpaired) electrons. The fourth-order valence-corrected chi connectivity index (χ4v) is 2.80. The van der Waals surface area contributed by atoms with E-state index >= 15 is 0 Å². The van der Waals surface area contributed by atoms with Crippen LogP contribution >= 0.6 is 45.8 Å². The first kappa shape index (κ1) is 17.4. The lowest BCUT2D eigenvalue weighted by molar-refractivity contribution is -0.116. The first-order chi connectivity index (χ1) is 10.5. The van der Waals surface area contributed by atoms with E-state index in [-0.39, 0.29) is 5.91 Å². The van der Waals surface area contributed by atoms with Crippen LogP contribution in [0.5, 0.6) is 5.75 Å². The van der Waals surface area contributed by atoms with Gasteiger partial charge in [0.25, 0.3) is 0 Å². The quantitative estimate of drug-likeness (QED) is 0.473. The number of amides is 1. The van der Waals surface area contributed by atoms with E-state index < -0.39 is 0 Å². The summed E-state index contributed by atoms with van der Waals surface area (Å²) in [5.74, 6) is 0.539. The summed E-state index contributed by atoms with van der Waals surface area (Å²) >= 11 is 14.0. The Morgan fingerprint density at radius 3 is 2.73 bits per heavy atom. The van der Waals surface area contributed by atoms with Crippen molar-refractivity contribution in [1.82, 2.24) is 0 Å². The van der Waals surface area contributed by atoms with Gasteiger partial charge in [0.15, 0.2) is 0 Å². The number of nitrogens with one attached hydrogen (secondary N) is 1. The van der Waals surface area contributed by atoms with Crippen molar-refractivity contribution < 1.29 is 9.53 Å². The SMILES string of the molecule is O=C(CCCOc1ccc(Cl)cc1Cl)Nc1cccc(I)c1. The lowest BCUT2D eigenvalue weighted by atomic mass is 10.2. The molecule has 0 fully saturated rings. The van der Waals surface area contributed by atoms with Gasteiger partial charge < -0.3 is 10.1 Å². The maximum absolute atomic E-state index is 11.8. The second kappa shape index (κ2) is 8.60. The maximum atomic E-state index is 11.8. The van der Waals surface area contributed by atoms with E-state index in [2.05, 4.69) is 27.9 Å². The number of hydrogen-bond donors (Lipinski definition) is 1. The Labute approximate surface area is 153 Å². The molecule has 0 saturated heterocycles. The van der Waals surface area contributed by atoms with Crippen LogP contribution in [0.3, 0.4) is 0 Å². The third kappa shape index (κ3) is 5.66. The van der Waals surface area contributed by atoms with E-state index in [0.29, 0.717) is 35.2 Å². The average molecular weight is 450 g/mol. The number of benzene rings is 2. The highest BCUT2D eigenvalue weighted by atomic mass is 127. The third-order valence-corrected chi connectivity index (χ3v) is 4.01. The van der Waals surface area contributed by atoms with Crippen LogP contribution in [-0.4, -0.2) is 12.5 Å². The van der Waals surface area contributed by atoms with Gasteiger partial charge in [0.1, 0.15) is 5.75 Å². The van der Waals surface area contributed by atoms with Gasteiger partial charge in [0.2, 0.25) is 5.91 Å². The molecule has 0 unspecified atom stereocenters. The highest BCUT2D eigenvalue weighted by Gasteiger charge is 2.05. The average Bonchev–Trinajstić information content (AvgIpc) is 2.45. The molecule has 0 aliphatic rings. The molecular weight excluding hydrogens is 436 g/mol. The Hall–Kier alpha value is -0.980. The van der Waals surface area contributed by atoms with Gasteiger partial charge in [0, 0.05) is 20.7 Å². The van der Waals surface area contributed by atoms with E-state index in [1.54, 1.807) is 18.2 Å². The van der Waals surface area contributed by atoms with Gasteiger partial charge in [-0.3, -0.25) is 4.79 Å². The van der Waals surface area contributed by atoms with Crippen molar-refractivity contribution in [3.8, 4) is 5.75 Å². The van der Waals surface area contributed by atoms with Crippen LogP contribution < -0.4 is 10.1 Å². The van der Waals surface area contributed by atoms with Gasteiger partial charge in [-0.25, -0.2) is 0 Å². The minimum atomic E-state index is -0.0344. The summed E-state index contributed by atoms with van der Waals surface area (Å²) in [4.78, 5) is 11.8. The molecule has 1 amide bonds. The van der Waals surface area contributed by atoms with E-state index in [1.807, 2.05) is 24.3 Å². The van der Waals surface area contributed by atoms with Crippen LogP contribution in [0.4, 0.5) is 5.69 Å². The summed E-state index contributed by atoms with van der Waals surface area (Å²) < 4.78 is 6.62. The Morgan fingerprint density at radius 1 is 1.18 bits per heavy atom. The monoisotopic (exact) mass is 449 g/mol. The minimum Gasteiger partial charge on any atom is -0.492 e. The zero-order chi connectivity index (χ0) is 15.9. The lowest BCUT2D eigenvalue weighted by Crippen LogP contribution is -2.12. The van der Waals surface area contributed by atoms with Crippen molar-refractivity contribution >= 4 is 57.4 Å². The van der Waals surface area contributed by atoms with Crippen LogP contribution in [0, 0.1) is 3.57 Å². The molecule has 22 heavy (non-hydrogen) atoms. The molecule has 116 valence electrons. The smallest absolute Gasteiger partial charge is 0.224 e. The van der Waals surface area contributed by atoms with Crippen LogP contribution in [0.15, 0.2) is 42.5 Å². The van der Waals surface area contributed by atoms with Crippen LogP contribution in [-0.2, 0) is 4.79 Å². The van der Waals surface area contributed by atoms with Crippen molar-refractivity contribution in [2.24, 2.45) is 0 Å². The number of carbonyl (C=O) groups is 1. The predicted octanol–water partition coefficient (Wildman–Crippen LogP) is 5.40. The molecule has 0 bridgehead atoms. The molecule has 2 rings (SSSR count). The molecule has 0 saturated carbocycles. The largest absolute Gasteiger partial charge is 0.492 e. The molecule has 0 heterocycles. The van der Waals surface area contributed by atoms with Gasteiger partial charge in [-0.15, -0.1) is 0 Å². The number of hydrogen-bond acceptors (Lipinski definition) is 2. The molecule has 0 spiro atoms. The van der Waals surface area contributed by atoms with Gasteiger partial charge in [-0.2, -0.15) is 0 Å². The van der Waals surface area contributed by atoms with Crippen molar-refractivity contribution in [1.29, 1.82) is 0 Å². The Bertz CT molecular complexity index is 664. The van der Waals surface area contributed by atoms with Crippen molar-refractivity contribution in [3.05, 3.63) is 56.1 Å². The summed E-state index contributed by atoms with van der Waals surface area (Å²) in [7, 11) is 0. The second-order valence-electron chi connectivity index (χ2n) is 4.59. The van der Waals surface area contributed by atoms with Crippen LogP contribution in [0.25, 0.3) is 0 Å². The van der Waals surface area contributed by atoms with E-state index in [4.69, 9.17) is 27.9 Å². The van der Waals surface area contributed by atoms with Crippen molar-refractivity contribution in [2.75, 3.05) is 11.9 Å². The molecule has 0 aliphatic heterocycles. The Morgan fingerprint density at radius 2 is 2.00 bits per heavy atom. The summed E-state index contributed by atoms with van der Waals surface area (Å²) in [6, 6.07) is 12.7.